The largest absolute Gasteiger partial charge is 0.478 e. The van der Waals surface area contributed by atoms with Crippen LogP contribution in [0.4, 0.5) is 11.4 Å². The van der Waals surface area contributed by atoms with E-state index in [1.807, 2.05) is 6.92 Å². The second-order valence-corrected chi connectivity index (χ2v) is 4.83. The van der Waals surface area contributed by atoms with E-state index in [0.717, 1.165) is 25.3 Å². The van der Waals surface area contributed by atoms with E-state index in [0.29, 0.717) is 5.69 Å². The van der Waals surface area contributed by atoms with Crippen molar-refractivity contribution in [2.75, 3.05) is 5.32 Å². The van der Waals surface area contributed by atoms with Crippen LogP contribution >= 0.6 is 0 Å². The number of rotatable bonds is 4. The molecular weight excluding hydrogens is 236 g/mol. The van der Waals surface area contributed by atoms with Crippen LogP contribution in [0.3, 0.4) is 0 Å². The van der Waals surface area contributed by atoms with E-state index in [4.69, 9.17) is 5.11 Å². The molecule has 1 aliphatic carbocycles. The number of nitro benzene ring substituents is 1. The lowest BCUT2D eigenvalue weighted by atomic mass is 9.78. The third-order valence-electron chi connectivity index (χ3n) is 3.34. The highest BCUT2D eigenvalue weighted by molar-refractivity contribution is 5.95. The lowest BCUT2D eigenvalue weighted by Gasteiger charge is -2.40. The molecule has 2 rings (SSSR count). The van der Waals surface area contributed by atoms with Crippen molar-refractivity contribution in [3.63, 3.8) is 0 Å². The van der Waals surface area contributed by atoms with Crippen molar-refractivity contribution in [3.05, 3.63) is 33.9 Å². The summed E-state index contributed by atoms with van der Waals surface area (Å²) in [5.74, 6) is -1.16. The normalized spacial score (nSPS) is 16.7. The van der Waals surface area contributed by atoms with Gasteiger partial charge in [0, 0.05) is 23.4 Å². The van der Waals surface area contributed by atoms with Crippen LogP contribution in [0.5, 0.6) is 0 Å². The lowest BCUT2D eigenvalue weighted by molar-refractivity contribution is -0.384. The molecule has 96 valence electrons. The van der Waals surface area contributed by atoms with Gasteiger partial charge in [0.1, 0.15) is 0 Å². The highest BCUT2D eigenvalue weighted by Crippen LogP contribution is 2.36. The molecule has 1 aromatic rings. The van der Waals surface area contributed by atoms with Crippen LogP contribution in [0.15, 0.2) is 18.2 Å². The Morgan fingerprint density at radius 2 is 2.17 bits per heavy atom. The van der Waals surface area contributed by atoms with E-state index in [1.165, 1.54) is 12.1 Å². The Hall–Kier alpha value is -2.11. The fraction of sp³-hybridized carbons (Fsp3) is 0.417. The summed E-state index contributed by atoms with van der Waals surface area (Å²) in [6, 6.07) is 3.87. The summed E-state index contributed by atoms with van der Waals surface area (Å²) in [5, 5.41) is 22.9. The molecule has 0 aliphatic heterocycles. The van der Waals surface area contributed by atoms with E-state index in [-0.39, 0.29) is 16.8 Å². The predicted octanol–water partition coefficient (Wildman–Crippen LogP) is 2.65. The molecule has 1 aliphatic rings. The Bertz CT molecular complexity index is 509. The number of carboxylic acids is 1. The molecule has 0 spiro atoms. The summed E-state index contributed by atoms with van der Waals surface area (Å²) in [5.41, 5.74) is 0.0738. The number of hydrogen-bond donors (Lipinski definition) is 2. The van der Waals surface area contributed by atoms with Crippen LogP contribution < -0.4 is 5.32 Å². The molecule has 6 heteroatoms. The first-order chi connectivity index (χ1) is 8.41. The molecule has 1 aromatic carbocycles. The van der Waals surface area contributed by atoms with E-state index in [2.05, 4.69) is 5.32 Å². The number of nitrogens with one attached hydrogen (secondary N) is 1. The van der Waals surface area contributed by atoms with Crippen LogP contribution in [0.2, 0.25) is 0 Å². The second kappa shape index (κ2) is 4.29. The van der Waals surface area contributed by atoms with Crippen molar-refractivity contribution in [2.24, 2.45) is 0 Å². The minimum Gasteiger partial charge on any atom is -0.478 e. The van der Waals surface area contributed by atoms with Gasteiger partial charge in [-0.3, -0.25) is 10.1 Å². The first-order valence-corrected chi connectivity index (χ1v) is 5.71. The average Bonchev–Trinajstić information content (AvgIpc) is 2.26. The van der Waals surface area contributed by atoms with Gasteiger partial charge in [0.15, 0.2) is 0 Å². The summed E-state index contributed by atoms with van der Waals surface area (Å²) in [4.78, 5) is 21.2. The Morgan fingerprint density at radius 3 is 2.61 bits per heavy atom. The van der Waals surface area contributed by atoms with E-state index in [1.54, 1.807) is 0 Å². The van der Waals surface area contributed by atoms with Crippen molar-refractivity contribution in [2.45, 2.75) is 31.7 Å². The molecule has 18 heavy (non-hydrogen) atoms. The van der Waals surface area contributed by atoms with E-state index in [9.17, 15) is 14.9 Å². The summed E-state index contributed by atoms with van der Waals surface area (Å²) in [6.07, 6.45) is 3.06. The number of nitrogens with zero attached hydrogens (tertiary/aromatic N) is 1. The van der Waals surface area contributed by atoms with Gasteiger partial charge in [-0.2, -0.15) is 0 Å². The van der Waals surface area contributed by atoms with Gasteiger partial charge in [-0.25, -0.2) is 4.79 Å². The zero-order valence-electron chi connectivity index (χ0n) is 9.97. The highest BCUT2D eigenvalue weighted by Gasteiger charge is 2.32. The van der Waals surface area contributed by atoms with Crippen LogP contribution in [0.25, 0.3) is 0 Å². The summed E-state index contributed by atoms with van der Waals surface area (Å²) in [6.45, 7) is 2.02. The van der Waals surface area contributed by atoms with Crippen LogP contribution in [0.1, 0.15) is 36.5 Å². The average molecular weight is 250 g/mol. The van der Waals surface area contributed by atoms with Gasteiger partial charge in [-0.1, -0.05) is 0 Å². The molecule has 0 heterocycles. The Kier molecular flexibility index (Phi) is 2.94. The maximum absolute atomic E-state index is 11.1. The Balaban J connectivity index is 2.34. The summed E-state index contributed by atoms with van der Waals surface area (Å²) in [7, 11) is 0. The molecule has 0 amide bonds. The molecule has 0 aromatic heterocycles. The molecule has 1 saturated carbocycles. The smallest absolute Gasteiger partial charge is 0.338 e. The first-order valence-electron chi connectivity index (χ1n) is 5.71. The van der Waals surface area contributed by atoms with Crippen molar-refractivity contribution in [1.29, 1.82) is 0 Å². The van der Waals surface area contributed by atoms with Crippen molar-refractivity contribution >= 4 is 17.3 Å². The van der Waals surface area contributed by atoms with Gasteiger partial charge < -0.3 is 10.4 Å². The van der Waals surface area contributed by atoms with Crippen LogP contribution in [0, 0.1) is 10.1 Å². The lowest BCUT2D eigenvalue weighted by Crippen LogP contribution is -2.42. The van der Waals surface area contributed by atoms with Crippen LogP contribution in [-0.2, 0) is 0 Å². The highest BCUT2D eigenvalue weighted by atomic mass is 16.6. The third kappa shape index (κ3) is 2.27. The number of carbonyl (C=O) groups is 1. The first kappa shape index (κ1) is 12.3. The van der Waals surface area contributed by atoms with Gasteiger partial charge in [0.2, 0.25) is 0 Å². The summed E-state index contributed by atoms with van der Waals surface area (Å²) >= 11 is 0. The van der Waals surface area contributed by atoms with Gasteiger partial charge in [0.05, 0.1) is 10.5 Å². The van der Waals surface area contributed by atoms with Gasteiger partial charge in [-0.05, 0) is 32.3 Å². The van der Waals surface area contributed by atoms with Crippen LogP contribution in [-0.4, -0.2) is 21.5 Å². The SMILES string of the molecule is CC1(Nc2ccc([N+](=O)[O-])cc2C(=O)O)CCC1. The number of aromatic carboxylic acids is 1. The molecule has 0 radical (unpaired) electrons. The second-order valence-electron chi connectivity index (χ2n) is 4.83. The zero-order valence-corrected chi connectivity index (χ0v) is 9.97. The molecule has 0 saturated heterocycles. The fourth-order valence-corrected chi connectivity index (χ4v) is 2.09. The number of nitro groups is 1. The Labute approximate surface area is 104 Å². The summed E-state index contributed by atoms with van der Waals surface area (Å²) < 4.78 is 0. The maximum Gasteiger partial charge on any atom is 0.338 e. The van der Waals surface area contributed by atoms with Gasteiger partial charge >= 0.3 is 5.97 Å². The van der Waals surface area contributed by atoms with E-state index < -0.39 is 10.9 Å². The number of carboxylic acid groups (broad SMARTS) is 1. The number of non-ortho nitro benzene ring substituents is 1. The Morgan fingerprint density at radius 1 is 1.50 bits per heavy atom. The number of hydrogen-bond acceptors (Lipinski definition) is 4. The van der Waals surface area contributed by atoms with Crippen molar-refractivity contribution in [3.8, 4) is 0 Å². The maximum atomic E-state index is 11.1. The quantitative estimate of drug-likeness (QED) is 0.633. The molecule has 0 atom stereocenters. The fourth-order valence-electron chi connectivity index (χ4n) is 2.09. The zero-order chi connectivity index (χ0) is 13.3. The molecule has 6 nitrogen and oxygen atoms in total. The van der Waals surface area contributed by atoms with E-state index >= 15 is 0 Å². The predicted molar refractivity (Wildman–Crippen MR) is 65.9 cm³/mol. The van der Waals surface area contributed by atoms with Gasteiger partial charge in [-0.15, -0.1) is 0 Å². The minimum absolute atomic E-state index is 0.0580. The molecule has 0 bridgehead atoms. The minimum atomic E-state index is -1.16. The third-order valence-corrected chi connectivity index (χ3v) is 3.34. The van der Waals surface area contributed by atoms with Crippen molar-refractivity contribution in [1.82, 2.24) is 0 Å². The molecule has 2 N–H and O–H groups in total. The topological polar surface area (TPSA) is 92.5 Å². The van der Waals surface area contributed by atoms with Gasteiger partial charge in [0.25, 0.3) is 5.69 Å². The van der Waals surface area contributed by atoms with Crippen molar-refractivity contribution < 1.29 is 14.8 Å². The number of anilines is 1. The molecule has 0 unspecified atom stereocenters. The molecule has 1 fully saturated rings. The molecular formula is C12H14N2O4. The monoisotopic (exact) mass is 250 g/mol. The standard InChI is InChI=1S/C12H14N2O4/c1-12(5-2-6-12)13-10-4-3-8(14(17)18)7-9(10)11(15)16/h3-4,7,13H,2,5-6H2,1H3,(H,15,16). The number of benzene rings is 1.